The Kier molecular flexibility index (Phi) is 5.52. The van der Waals surface area contributed by atoms with E-state index in [1.807, 2.05) is 13.8 Å². The summed E-state index contributed by atoms with van der Waals surface area (Å²) in [5, 5.41) is 24.3. The van der Waals surface area contributed by atoms with E-state index in [0.717, 1.165) is 46.2 Å². The van der Waals surface area contributed by atoms with Gasteiger partial charge in [0.15, 0.2) is 0 Å². The highest BCUT2D eigenvalue weighted by Crippen LogP contribution is 2.44. The van der Waals surface area contributed by atoms with Gasteiger partial charge in [0, 0.05) is 11.1 Å². The van der Waals surface area contributed by atoms with Crippen LogP contribution in [0.4, 0.5) is 0 Å². The Morgan fingerprint density at radius 2 is 1.08 bits per heavy atom. The normalized spacial score (nSPS) is 13.6. The first-order valence-corrected chi connectivity index (χ1v) is 13.0. The zero-order valence-electron chi connectivity index (χ0n) is 22.9. The minimum Gasteiger partial charge on any atom is -0.507 e. The number of benzene rings is 4. The van der Waals surface area contributed by atoms with Crippen molar-refractivity contribution < 1.29 is 10.2 Å². The molecule has 5 rings (SSSR count). The number of hydrogen-bond donors (Lipinski definition) is 2. The van der Waals surface area contributed by atoms with E-state index >= 15 is 0 Å². The maximum Gasteiger partial charge on any atom is 0.122 e. The van der Waals surface area contributed by atoms with Crippen LogP contribution in [0.1, 0.15) is 74.9 Å². The van der Waals surface area contributed by atoms with Crippen molar-refractivity contribution in [3.05, 3.63) is 81.9 Å². The Morgan fingerprint density at radius 3 is 1.67 bits per heavy atom. The van der Waals surface area contributed by atoms with E-state index in [1.165, 1.54) is 33.0 Å². The van der Waals surface area contributed by atoms with Crippen molar-refractivity contribution >= 4 is 10.8 Å². The third-order valence-corrected chi connectivity index (χ3v) is 7.81. The molecule has 0 fully saturated rings. The molecule has 2 heteroatoms. The lowest BCUT2D eigenvalue weighted by Crippen LogP contribution is -2.12. The minimum atomic E-state index is -0.155. The summed E-state index contributed by atoms with van der Waals surface area (Å²) in [5.74, 6) is 0.793. The lowest BCUT2D eigenvalue weighted by atomic mass is 9.82. The number of hydrogen-bond acceptors (Lipinski definition) is 2. The van der Waals surface area contributed by atoms with Gasteiger partial charge in [-0.2, -0.15) is 0 Å². The molecule has 0 heterocycles. The smallest absolute Gasteiger partial charge is 0.122 e. The van der Waals surface area contributed by atoms with E-state index in [4.69, 9.17) is 0 Å². The molecule has 0 spiro atoms. The molecule has 0 aromatic heterocycles. The van der Waals surface area contributed by atoms with E-state index in [9.17, 15) is 10.2 Å². The van der Waals surface area contributed by atoms with Gasteiger partial charge in [0.25, 0.3) is 0 Å². The highest BCUT2D eigenvalue weighted by atomic mass is 16.3. The molecule has 186 valence electrons. The third kappa shape index (κ3) is 3.97. The Labute approximate surface area is 215 Å². The number of phenols is 2. The molecule has 1 aliphatic carbocycles. The number of aryl methyl sites for hydroxylation is 4. The highest BCUT2D eigenvalue weighted by Gasteiger charge is 2.24. The van der Waals surface area contributed by atoms with Crippen LogP contribution in [-0.4, -0.2) is 10.2 Å². The van der Waals surface area contributed by atoms with Crippen molar-refractivity contribution in [3.63, 3.8) is 0 Å². The molecule has 4 aromatic rings. The Hall–Kier alpha value is -3.26. The summed E-state index contributed by atoms with van der Waals surface area (Å²) in [6, 6.07) is 17.8. The van der Waals surface area contributed by atoms with Crippen LogP contribution in [-0.2, 0) is 23.7 Å². The summed E-state index contributed by atoms with van der Waals surface area (Å²) in [6.45, 7) is 16.9. The zero-order chi connectivity index (χ0) is 26.2. The average Bonchev–Trinajstić information content (AvgIpc) is 3.20. The van der Waals surface area contributed by atoms with Crippen LogP contribution in [0.5, 0.6) is 11.5 Å². The molecule has 0 saturated heterocycles. The maximum atomic E-state index is 10.8. The molecular formula is C34H38O2. The van der Waals surface area contributed by atoms with Gasteiger partial charge in [-0.15, -0.1) is 0 Å². The molecule has 0 amide bonds. The molecule has 2 N–H and O–H groups in total. The highest BCUT2D eigenvalue weighted by molar-refractivity contribution is 6.04. The van der Waals surface area contributed by atoms with Crippen LogP contribution in [0.15, 0.2) is 48.5 Å². The van der Waals surface area contributed by atoms with Gasteiger partial charge in [-0.05, 0) is 123 Å². The molecule has 4 aromatic carbocycles. The third-order valence-electron chi connectivity index (χ3n) is 7.81. The van der Waals surface area contributed by atoms with Crippen molar-refractivity contribution in [2.24, 2.45) is 0 Å². The van der Waals surface area contributed by atoms with Crippen molar-refractivity contribution in [1.82, 2.24) is 0 Å². The zero-order valence-corrected chi connectivity index (χ0v) is 22.9. The molecular weight excluding hydrogens is 440 g/mol. The molecule has 0 saturated carbocycles. The molecule has 0 atom stereocenters. The van der Waals surface area contributed by atoms with Gasteiger partial charge in [0.2, 0.25) is 0 Å². The second-order valence-electron chi connectivity index (χ2n) is 12.7. The first kappa shape index (κ1) is 24.4. The fourth-order valence-corrected chi connectivity index (χ4v) is 5.77. The minimum absolute atomic E-state index is 0.149. The van der Waals surface area contributed by atoms with Crippen LogP contribution in [0.3, 0.4) is 0 Å². The van der Waals surface area contributed by atoms with Crippen molar-refractivity contribution in [2.45, 2.75) is 79.1 Å². The monoisotopic (exact) mass is 478 g/mol. The van der Waals surface area contributed by atoms with Gasteiger partial charge in [0.05, 0.1) is 0 Å². The van der Waals surface area contributed by atoms with Gasteiger partial charge in [-0.3, -0.25) is 0 Å². The van der Waals surface area contributed by atoms with Gasteiger partial charge < -0.3 is 10.2 Å². The summed E-state index contributed by atoms with van der Waals surface area (Å²) in [6.07, 6.45) is 2.12. The standard InChI is InChI=1S/C34H38O2/c1-19-13-23(17-28(31(19)35)33(3,4)5)24-15-22-10-9-21-11-12-26(27(16-24)30(21)22)25-14-20(2)32(36)29(18-25)34(6,7)8/h11-18,35-36H,9-10H2,1-8H3. The van der Waals surface area contributed by atoms with E-state index in [-0.39, 0.29) is 10.8 Å². The maximum absolute atomic E-state index is 10.8. The summed E-state index contributed by atoms with van der Waals surface area (Å²) < 4.78 is 0. The lowest BCUT2D eigenvalue weighted by molar-refractivity contribution is 0.442. The van der Waals surface area contributed by atoms with E-state index < -0.39 is 0 Å². The van der Waals surface area contributed by atoms with E-state index in [0.29, 0.717) is 11.5 Å². The average molecular weight is 479 g/mol. The molecule has 0 bridgehead atoms. The van der Waals surface area contributed by atoms with Gasteiger partial charge in [-0.1, -0.05) is 59.7 Å². The molecule has 0 aliphatic heterocycles. The summed E-state index contributed by atoms with van der Waals surface area (Å²) >= 11 is 0. The fraction of sp³-hybridized carbons (Fsp3) is 0.353. The largest absolute Gasteiger partial charge is 0.507 e. The molecule has 2 nitrogen and oxygen atoms in total. The lowest BCUT2D eigenvalue weighted by Gasteiger charge is -2.24. The van der Waals surface area contributed by atoms with E-state index in [1.54, 1.807) is 0 Å². The van der Waals surface area contributed by atoms with Crippen molar-refractivity contribution in [2.75, 3.05) is 0 Å². The Morgan fingerprint density at radius 1 is 0.583 bits per heavy atom. The van der Waals surface area contributed by atoms with Crippen LogP contribution >= 0.6 is 0 Å². The van der Waals surface area contributed by atoms with Gasteiger partial charge in [-0.25, -0.2) is 0 Å². The summed E-state index contributed by atoms with van der Waals surface area (Å²) in [7, 11) is 0. The Bertz CT molecular complexity index is 1520. The second-order valence-corrected chi connectivity index (χ2v) is 12.7. The summed E-state index contributed by atoms with van der Waals surface area (Å²) in [4.78, 5) is 0. The number of rotatable bonds is 2. The number of phenolic OH excluding ortho intramolecular Hbond substituents is 2. The predicted octanol–water partition coefficient (Wildman–Crippen LogP) is 8.90. The second kappa shape index (κ2) is 8.13. The topological polar surface area (TPSA) is 40.5 Å². The molecule has 0 radical (unpaired) electrons. The SMILES string of the molecule is Cc1cc(-c2cc3c4c(ccc(-c5cc(C)c(O)c(C(C)(C)C)c5)c4c2)CC3)cc(C(C)(C)C)c1O. The number of aromatic hydroxyl groups is 2. The van der Waals surface area contributed by atoms with Crippen LogP contribution < -0.4 is 0 Å². The van der Waals surface area contributed by atoms with Crippen LogP contribution in [0.25, 0.3) is 33.0 Å². The fourth-order valence-electron chi connectivity index (χ4n) is 5.77. The Balaban J connectivity index is 1.79. The van der Waals surface area contributed by atoms with Gasteiger partial charge >= 0.3 is 0 Å². The molecule has 0 unspecified atom stereocenters. The predicted molar refractivity (Wildman–Crippen MR) is 152 cm³/mol. The first-order chi connectivity index (χ1) is 16.8. The van der Waals surface area contributed by atoms with E-state index in [2.05, 4.69) is 90.1 Å². The van der Waals surface area contributed by atoms with Crippen molar-refractivity contribution in [3.8, 4) is 33.8 Å². The molecule has 36 heavy (non-hydrogen) atoms. The quantitative estimate of drug-likeness (QED) is 0.302. The molecule has 1 aliphatic rings. The first-order valence-electron chi connectivity index (χ1n) is 13.0. The van der Waals surface area contributed by atoms with Crippen molar-refractivity contribution in [1.29, 1.82) is 0 Å². The summed E-state index contributed by atoms with van der Waals surface area (Å²) in [5.41, 5.74) is 11.0. The van der Waals surface area contributed by atoms with Gasteiger partial charge in [0.1, 0.15) is 11.5 Å². The van der Waals surface area contributed by atoms with Crippen LogP contribution in [0.2, 0.25) is 0 Å². The van der Waals surface area contributed by atoms with Crippen LogP contribution in [0, 0.1) is 13.8 Å².